The van der Waals surface area contributed by atoms with Crippen LogP contribution in [0.15, 0.2) is 0 Å². The number of aliphatic carboxylic acids is 2. The third-order valence-corrected chi connectivity index (χ3v) is 12.1. The van der Waals surface area contributed by atoms with E-state index in [9.17, 15) is 77.6 Å². The van der Waals surface area contributed by atoms with Gasteiger partial charge in [-0.1, -0.05) is 83.1 Å². The topological polar surface area (TPSA) is 469 Å². The van der Waals surface area contributed by atoms with Gasteiger partial charge < -0.3 is 80.4 Å². The number of primary amides is 2. The molecule has 28 nitrogen and oxygen atoms in total. The van der Waals surface area contributed by atoms with Gasteiger partial charge >= 0.3 is 11.9 Å². The van der Waals surface area contributed by atoms with Gasteiger partial charge in [-0.3, -0.25) is 57.5 Å². The summed E-state index contributed by atoms with van der Waals surface area (Å²) in [6.45, 7) is 20.7. The third kappa shape index (κ3) is 25.9. The molecule has 11 amide bonds. The zero-order valence-electron chi connectivity index (χ0n) is 47.1. The first kappa shape index (κ1) is 71.0. The van der Waals surface area contributed by atoms with Crippen LogP contribution in [0, 0.1) is 35.5 Å². The van der Waals surface area contributed by atoms with Crippen molar-refractivity contribution < 1.29 is 77.6 Å². The highest BCUT2D eigenvalue weighted by atomic mass is 16.4. The zero-order chi connectivity index (χ0) is 60.6. The molecule has 0 rings (SSSR count). The molecule has 0 aliphatic carbocycles. The Morgan fingerprint density at radius 2 is 0.692 bits per heavy atom. The van der Waals surface area contributed by atoms with Crippen LogP contribution in [-0.2, 0) is 62.3 Å². The molecule has 0 heterocycles. The molecule has 0 aliphatic rings. The minimum atomic E-state index is -1.82. The summed E-state index contributed by atoms with van der Waals surface area (Å²) < 4.78 is 0. The fourth-order valence-corrected chi connectivity index (χ4v) is 7.54. The smallest absolute Gasteiger partial charge is 0.326 e. The van der Waals surface area contributed by atoms with E-state index in [1.54, 1.807) is 69.2 Å². The van der Waals surface area contributed by atoms with Crippen molar-refractivity contribution in [1.82, 2.24) is 47.9 Å². The van der Waals surface area contributed by atoms with Crippen molar-refractivity contribution in [3.8, 4) is 0 Å². The number of nitrogens with one attached hydrogen (secondary N) is 9. The highest BCUT2D eigenvalue weighted by Crippen LogP contribution is 2.14. The fourth-order valence-electron chi connectivity index (χ4n) is 7.54. The number of aliphatic hydroxyl groups excluding tert-OH is 1. The van der Waals surface area contributed by atoms with Gasteiger partial charge in [-0.25, -0.2) is 4.79 Å². The normalized spacial score (nSPS) is 15.7. The molecule has 0 aromatic rings. The van der Waals surface area contributed by atoms with Crippen LogP contribution in [0.3, 0.4) is 0 Å². The van der Waals surface area contributed by atoms with Crippen molar-refractivity contribution in [2.75, 3.05) is 0 Å². The molecule has 11 atom stereocenters. The second-order valence-electron chi connectivity index (χ2n) is 21.7. The van der Waals surface area contributed by atoms with Gasteiger partial charge in [0.1, 0.15) is 54.4 Å². The summed E-state index contributed by atoms with van der Waals surface area (Å²) in [6, 6.07) is -14.8. The van der Waals surface area contributed by atoms with Gasteiger partial charge in [-0.05, 0) is 68.1 Å². The first-order valence-corrected chi connectivity index (χ1v) is 26.1. The number of carbonyl (C=O) groups is 13. The van der Waals surface area contributed by atoms with Crippen molar-refractivity contribution in [2.45, 2.75) is 201 Å². The Morgan fingerprint density at radius 1 is 0.372 bits per heavy atom. The minimum absolute atomic E-state index is 0.0951. The fraction of sp³-hybridized carbons (Fsp3) is 0.740. The summed E-state index contributed by atoms with van der Waals surface area (Å²) in [5.74, 6) is -16.3. The molecule has 18 N–H and O–H groups in total. The van der Waals surface area contributed by atoms with Crippen molar-refractivity contribution in [1.29, 1.82) is 0 Å². The van der Waals surface area contributed by atoms with E-state index in [4.69, 9.17) is 17.2 Å². The Balaban J connectivity index is 6.78. The molecule has 78 heavy (non-hydrogen) atoms. The Labute approximate surface area is 455 Å². The van der Waals surface area contributed by atoms with Crippen molar-refractivity contribution in [3.05, 3.63) is 0 Å². The van der Waals surface area contributed by atoms with Crippen LogP contribution in [0.1, 0.15) is 135 Å². The number of carbonyl (C=O) groups excluding carboxylic acids is 11. The third-order valence-electron chi connectivity index (χ3n) is 12.1. The lowest BCUT2D eigenvalue weighted by atomic mass is 9.99. The summed E-state index contributed by atoms with van der Waals surface area (Å²) in [5.41, 5.74) is 16.8. The highest BCUT2D eigenvalue weighted by Gasteiger charge is 2.38. The molecule has 0 saturated carbocycles. The van der Waals surface area contributed by atoms with Gasteiger partial charge in [0.25, 0.3) is 0 Å². The second-order valence-corrected chi connectivity index (χ2v) is 21.7. The summed E-state index contributed by atoms with van der Waals surface area (Å²) in [5, 5.41) is 51.6. The van der Waals surface area contributed by atoms with E-state index in [1.165, 1.54) is 13.8 Å². The van der Waals surface area contributed by atoms with E-state index in [0.29, 0.717) is 0 Å². The van der Waals surface area contributed by atoms with Gasteiger partial charge in [-0.2, -0.15) is 0 Å². The lowest BCUT2D eigenvalue weighted by molar-refractivity contribution is -0.144. The van der Waals surface area contributed by atoms with Crippen LogP contribution < -0.4 is 65.1 Å². The van der Waals surface area contributed by atoms with E-state index in [-0.39, 0.29) is 30.6 Å². The molecule has 0 aromatic carbocycles. The van der Waals surface area contributed by atoms with Crippen LogP contribution in [0.5, 0.6) is 0 Å². The van der Waals surface area contributed by atoms with E-state index >= 15 is 0 Å². The number of hydrogen-bond donors (Lipinski definition) is 15. The van der Waals surface area contributed by atoms with Crippen molar-refractivity contribution in [2.24, 2.45) is 52.7 Å². The maximum absolute atomic E-state index is 14.1. The average molecular weight is 1110 g/mol. The molecule has 0 aromatic heterocycles. The molecular formula is C50H88N12O16. The highest BCUT2D eigenvalue weighted by molar-refractivity contribution is 6.00. The summed E-state index contributed by atoms with van der Waals surface area (Å²) in [4.78, 5) is 171. The molecule has 444 valence electrons. The maximum atomic E-state index is 14.1. The van der Waals surface area contributed by atoms with Gasteiger partial charge in [0.05, 0.1) is 18.6 Å². The van der Waals surface area contributed by atoms with E-state index in [2.05, 4.69) is 47.9 Å². The largest absolute Gasteiger partial charge is 0.481 e. The van der Waals surface area contributed by atoms with Gasteiger partial charge in [-0.15, -0.1) is 0 Å². The van der Waals surface area contributed by atoms with Crippen LogP contribution in [0.4, 0.5) is 0 Å². The SMILES string of the molecule is CC(C)C[C@H](NC(=O)[C@H](CCC(=O)O)NC(=O)[C@H](CCC(N)=O)NC(=O)[C@H](CC(C)C)NC(=O)[C@@H](N)C(C)C)C(=O)N[C@@H](CC(N)=O)C(=O)N[C@H](C(=O)N[C@H](C(=O)N[C@H](C(=O)N[C@H](C(=O)O)C(C)C)C(C)C)[C@@H](C)O)C(C)C. The number of rotatable bonds is 36. The van der Waals surface area contributed by atoms with Crippen LogP contribution in [-0.4, -0.2) is 159 Å². The molecule has 0 saturated heterocycles. The molecule has 28 heteroatoms. The Hall–Kier alpha value is -6.97. The first-order chi connectivity index (χ1) is 35.9. The number of carboxylic acid groups (broad SMARTS) is 2. The minimum Gasteiger partial charge on any atom is -0.481 e. The quantitative estimate of drug-likeness (QED) is 0.0295. The Kier molecular flexibility index (Phi) is 31.0. The van der Waals surface area contributed by atoms with Gasteiger partial charge in [0.15, 0.2) is 0 Å². The monoisotopic (exact) mass is 1110 g/mol. The van der Waals surface area contributed by atoms with Gasteiger partial charge in [0.2, 0.25) is 65.0 Å². The Morgan fingerprint density at radius 3 is 1.04 bits per heavy atom. The van der Waals surface area contributed by atoms with Crippen LogP contribution in [0.25, 0.3) is 0 Å². The number of carboxylic acids is 2. The summed E-state index contributed by atoms with van der Waals surface area (Å²) in [7, 11) is 0. The number of hydrogen-bond acceptors (Lipinski definition) is 15. The molecule has 0 spiro atoms. The van der Waals surface area contributed by atoms with E-state index in [1.807, 2.05) is 0 Å². The number of amides is 11. The predicted molar refractivity (Wildman–Crippen MR) is 282 cm³/mol. The van der Waals surface area contributed by atoms with Gasteiger partial charge in [0, 0.05) is 12.8 Å². The zero-order valence-corrected chi connectivity index (χ0v) is 47.1. The van der Waals surface area contributed by atoms with Crippen molar-refractivity contribution in [3.63, 3.8) is 0 Å². The standard InChI is InChI=1S/C50H88N12O16/c1-21(2)18-30(56-42(69)29(15-17-35(66)67)54-41(68)28(14-16-33(51)64)55-43(70)31(19-22(3)4)58-46(73)36(53)23(5)6)44(71)57-32(20-34(52)65)45(72)59-37(24(7)8)48(75)62-40(27(13)63)49(76)60-38(25(9)10)47(74)61-39(26(11)12)50(77)78/h21-32,36-40,63H,14-20,53H2,1-13H3,(H2,51,64)(H2,52,65)(H,54,68)(H,55,70)(H,56,69)(H,57,71)(H,58,73)(H,59,72)(H,60,76)(H,61,74)(H,62,75)(H,66,67)(H,77,78)/t27-,28+,29+,30+,31+,32+,36+,37+,38+,39+,40+/m1/s1. The molecule has 0 aliphatic heterocycles. The van der Waals surface area contributed by atoms with E-state index in [0.717, 1.165) is 6.92 Å². The second kappa shape index (κ2) is 34.0. The van der Waals surface area contributed by atoms with Crippen LogP contribution >= 0.6 is 0 Å². The Bertz CT molecular complexity index is 2120. The summed E-state index contributed by atoms with van der Waals surface area (Å²) in [6.07, 6.45) is -4.63. The van der Waals surface area contributed by atoms with E-state index < -0.39 is 193 Å². The predicted octanol–water partition coefficient (Wildman–Crippen LogP) is -3.14. The lowest BCUT2D eigenvalue weighted by Gasteiger charge is -2.30. The average Bonchev–Trinajstić information content (AvgIpc) is 3.30. The summed E-state index contributed by atoms with van der Waals surface area (Å²) >= 11 is 0. The lowest BCUT2D eigenvalue weighted by Crippen LogP contribution is -2.63. The molecule has 0 radical (unpaired) electrons. The first-order valence-electron chi connectivity index (χ1n) is 26.1. The van der Waals surface area contributed by atoms with Crippen LogP contribution in [0.2, 0.25) is 0 Å². The van der Waals surface area contributed by atoms with Crippen molar-refractivity contribution >= 4 is 76.9 Å². The molecule has 0 fully saturated rings. The number of nitrogens with two attached hydrogens (primary N) is 3. The molecular weight excluding hydrogens is 1020 g/mol. The maximum Gasteiger partial charge on any atom is 0.326 e. The molecule has 0 bridgehead atoms. The molecule has 0 unspecified atom stereocenters. The number of aliphatic hydroxyl groups is 1.